The fraction of sp³-hybridized carbons (Fsp3) is 0.250. The first-order valence-corrected chi connectivity index (χ1v) is 9.10. The van der Waals surface area contributed by atoms with Crippen LogP contribution in [0.15, 0.2) is 61.2 Å². The van der Waals surface area contributed by atoms with E-state index in [0.717, 1.165) is 17.3 Å². The lowest BCUT2D eigenvalue weighted by Gasteiger charge is -2.08. The van der Waals surface area contributed by atoms with Gasteiger partial charge in [-0.25, -0.2) is 0 Å². The maximum Gasteiger partial charge on any atom is 0.251 e. The van der Waals surface area contributed by atoms with E-state index in [4.69, 9.17) is 4.74 Å². The molecule has 0 unspecified atom stereocenters. The number of rotatable bonds is 9. The van der Waals surface area contributed by atoms with Gasteiger partial charge in [-0.1, -0.05) is 36.9 Å². The topological polar surface area (TPSA) is 38.3 Å². The Kier molecular flexibility index (Phi) is 7.43. The highest BCUT2D eigenvalue weighted by atomic mass is 32.2. The first kappa shape index (κ1) is 18.1. The molecule has 0 heterocycles. The van der Waals surface area contributed by atoms with E-state index >= 15 is 0 Å². The molecule has 0 aromatic heterocycles. The standard InChI is InChI=1S/C20H23NO2S/c1-3-13-23-19-10-8-17(9-11-19)20(22)21-12-14-24-15-18-7-5-4-6-16(18)2/h3-11H,1,12-15H2,2H3,(H,21,22). The van der Waals surface area contributed by atoms with Crippen molar-refractivity contribution in [1.82, 2.24) is 5.32 Å². The van der Waals surface area contributed by atoms with Gasteiger partial charge in [-0.3, -0.25) is 4.79 Å². The monoisotopic (exact) mass is 341 g/mol. The quantitative estimate of drug-likeness (QED) is 0.548. The van der Waals surface area contributed by atoms with Crippen LogP contribution in [-0.2, 0) is 5.75 Å². The molecule has 0 atom stereocenters. The number of carbonyl (C=O) groups is 1. The third kappa shape index (κ3) is 5.78. The number of hydrogen-bond acceptors (Lipinski definition) is 3. The molecule has 0 saturated heterocycles. The third-order valence-electron chi connectivity index (χ3n) is 3.54. The normalized spacial score (nSPS) is 10.2. The van der Waals surface area contributed by atoms with E-state index in [2.05, 4.69) is 43.1 Å². The Balaban J connectivity index is 1.69. The smallest absolute Gasteiger partial charge is 0.251 e. The number of benzene rings is 2. The van der Waals surface area contributed by atoms with Gasteiger partial charge in [-0.2, -0.15) is 11.8 Å². The minimum Gasteiger partial charge on any atom is -0.490 e. The molecule has 0 saturated carbocycles. The van der Waals surface area contributed by atoms with Crippen LogP contribution in [0.25, 0.3) is 0 Å². The summed E-state index contributed by atoms with van der Waals surface area (Å²) in [5, 5.41) is 2.95. The number of thioether (sulfide) groups is 1. The molecule has 0 spiro atoms. The second-order valence-corrected chi connectivity index (χ2v) is 6.46. The summed E-state index contributed by atoms with van der Waals surface area (Å²) in [6.07, 6.45) is 1.69. The van der Waals surface area contributed by atoms with Gasteiger partial charge in [0.05, 0.1) is 0 Å². The van der Waals surface area contributed by atoms with E-state index in [-0.39, 0.29) is 5.91 Å². The van der Waals surface area contributed by atoms with Gasteiger partial charge >= 0.3 is 0 Å². The van der Waals surface area contributed by atoms with E-state index in [1.54, 1.807) is 30.3 Å². The number of hydrogen-bond donors (Lipinski definition) is 1. The van der Waals surface area contributed by atoms with Crippen molar-refractivity contribution in [3.8, 4) is 5.75 Å². The summed E-state index contributed by atoms with van der Waals surface area (Å²) < 4.78 is 5.40. The van der Waals surface area contributed by atoms with Crippen molar-refractivity contribution in [2.45, 2.75) is 12.7 Å². The van der Waals surface area contributed by atoms with Gasteiger partial charge in [0.1, 0.15) is 12.4 Å². The van der Waals surface area contributed by atoms with Crippen LogP contribution in [0.2, 0.25) is 0 Å². The number of nitrogens with one attached hydrogen (secondary N) is 1. The molecule has 1 amide bonds. The molecule has 0 fully saturated rings. The van der Waals surface area contributed by atoms with Crippen LogP contribution in [0.5, 0.6) is 5.75 Å². The number of carbonyl (C=O) groups excluding carboxylic acids is 1. The predicted molar refractivity (Wildman–Crippen MR) is 102 cm³/mol. The van der Waals surface area contributed by atoms with Gasteiger partial charge in [0, 0.05) is 23.6 Å². The van der Waals surface area contributed by atoms with Gasteiger partial charge in [-0.05, 0) is 42.3 Å². The molecule has 2 aromatic rings. The SMILES string of the molecule is C=CCOc1ccc(C(=O)NCCSCc2ccccc2C)cc1. The van der Waals surface area contributed by atoms with Gasteiger partial charge < -0.3 is 10.1 Å². The van der Waals surface area contributed by atoms with Crippen LogP contribution >= 0.6 is 11.8 Å². The zero-order chi connectivity index (χ0) is 17.2. The summed E-state index contributed by atoms with van der Waals surface area (Å²) in [7, 11) is 0. The van der Waals surface area contributed by atoms with Crippen molar-refractivity contribution >= 4 is 17.7 Å². The van der Waals surface area contributed by atoms with E-state index in [1.165, 1.54) is 11.1 Å². The average Bonchev–Trinajstić information content (AvgIpc) is 2.61. The Morgan fingerprint density at radius 2 is 1.96 bits per heavy atom. The van der Waals surface area contributed by atoms with E-state index in [1.807, 2.05) is 11.8 Å². The third-order valence-corrected chi connectivity index (χ3v) is 4.54. The van der Waals surface area contributed by atoms with E-state index in [0.29, 0.717) is 18.7 Å². The average molecular weight is 341 g/mol. The first-order chi connectivity index (χ1) is 11.7. The van der Waals surface area contributed by atoms with Crippen LogP contribution in [0, 0.1) is 6.92 Å². The fourth-order valence-corrected chi connectivity index (χ4v) is 3.09. The molecule has 0 aliphatic carbocycles. The summed E-state index contributed by atoms with van der Waals surface area (Å²) in [6, 6.07) is 15.5. The summed E-state index contributed by atoms with van der Waals surface area (Å²) in [5.74, 6) is 2.54. The molecule has 1 N–H and O–H groups in total. The molecule has 24 heavy (non-hydrogen) atoms. The van der Waals surface area contributed by atoms with Crippen LogP contribution in [0.4, 0.5) is 0 Å². The zero-order valence-electron chi connectivity index (χ0n) is 14.0. The van der Waals surface area contributed by atoms with Gasteiger partial charge in [0.25, 0.3) is 5.91 Å². The van der Waals surface area contributed by atoms with Gasteiger partial charge in [0.2, 0.25) is 0 Å². The van der Waals surface area contributed by atoms with Crippen molar-refractivity contribution in [3.63, 3.8) is 0 Å². The molecule has 4 heteroatoms. The highest BCUT2D eigenvalue weighted by Gasteiger charge is 2.05. The molecular formula is C20H23NO2S. The summed E-state index contributed by atoms with van der Waals surface area (Å²) in [5.41, 5.74) is 3.31. The number of ether oxygens (including phenoxy) is 1. The highest BCUT2D eigenvalue weighted by Crippen LogP contribution is 2.15. The lowest BCUT2D eigenvalue weighted by Crippen LogP contribution is -2.25. The Hall–Kier alpha value is -2.20. The van der Waals surface area contributed by atoms with Gasteiger partial charge in [0.15, 0.2) is 0 Å². The summed E-state index contributed by atoms with van der Waals surface area (Å²) >= 11 is 1.83. The molecular weight excluding hydrogens is 318 g/mol. The molecule has 0 aliphatic heterocycles. The van der Waals surface area contributed by atoms with E-state index < -0.39 is 0 Å². The zero-order valence-corrected chi connectivity index (χ0v) is 14.8. The molecule has 126 valence electrons. The predicted octanol–water partition coefficient (Wildman–Crippen LogP) is 4.22. The molecule has 2 rings (SSSR count). The van der Waals surface area contributed by atoms with Crippen molar-refractivity contribution in [3.05, 3.63) is 77.9 Å². The minimum atomic E-state index is -0.0539. The van der Waals surface area contributed by atoms with Crippen molar-refractivity contribution in [1.29, 1.82) is 0 Å². The van der Waals surface area contributed by atoms with Crippen LogP contribution < -0.4 is 10.1 Å². The largest absolute Gasteiger partial charge is 0.490 e. The van der Waals surface area contributed by atoms with Crippen molar-refractivity contribution in [2.75, 3.05) is 18.9 Å². The Morgan fingerprint density at radius 1 is 1.21 bits per heavy atom. The maximum absolute atomic E-state index is 12.1. The minimum absolute atomic E-state index is 0.0539. The summed E-state index contributed by atoms with van der Waals surface area (Å²) in [6.45, 7) is 6.85. The molecule has 0 radical (unpaired) electrons. The molecule has 3 nitrogen and oxygen atoms in total. The summed E-state index contributed by atoms with van der Waals surface area (Å²) in [4.78, 5) is 12.1. The second kappa shape index (κ2) is 9.83. The first-order valence-electron chi connectivity index (χ1n) is 7.95. The van der Waals surface area contributed by atoms with Crippen LogP contribution in [0.1, 0.15) is 21.5 Å². The number of aryl methyl sites for hydroxylation is 1. The Labute approximate surface area is 148 Å². The number of amides is 1. The Morgan fingerprint density at radius 3 is 2.67 bits per heavy atom. The van der Waals surface area contributed by atoms with Crippen molar-refractivity contribution < 1.29 is 9.53 Å². The second-order valence-electron chi connectivity index (χ2n) is 5.36. The lowest BCUT2D eigenvalue weighted by atomic mass is 10.1. The van der Waals surface area contributed by atoms with Gasteiger partial charge in [-0.15, -0.1) is 0 Å². The highest BCUT2D eigenvalue weighted by molar-refractivity contribution is 7.98. The lowest BCUT2D eigenvalue weighted by molar-refractivity contribution is 0.0956. The van der Waals surface area contributed by atoms with Crippen LogP contribution in [-0.4, -0.2) is 24.8 Å². The van der Waals surface area contributed by atoms with Crippen molar-refractivity contribution in [2.24, 2.45) is 0 Å². The molecule has 0 bridgehead atoms. The molecule has 2 aromatic carbocycles. The van der Waals surface area contributed by atoms with E-state index in [9.17, 15) is 4.79 Å². The fourth-order valence-electron chi connectivity index (χ4n) is 2.15. The van der Waals surface area contributed by atoms with Crippen LogP contribution in [0.3, 0.4) is 0 Å². The maximum atomic E-state index is 12.1. The Bertz CT molecular complexity index is 668. The molecule has 0 aliphatic rings.